The number of ether oxygens (including phenoxy) is 1. The van der Waals surface area contributed by atoms with E-state index in [0.29, 0.717) is 16.9 Å². The van der Waals surface area contributed by atoms with Gasteiger partial charge in [-0.3, -0.25) is 9.69 Å². The number of amides is 3. The number of hydrogen-bond acceptors (Lipinski definition) is 4. The van der Waals surface area contributed by atoms with E-state index in [0.717, 1.165) is 5.56 Å². The van der Waals surface area contributed by atoms with Crippen LogP contribution in [0.5, 0.6) is 5.75 Å². The number of imide groups is 1. The molecule has 0 saturated carbocycles. The Bertz CT molecular complexity index is 807. The van der Waals surface area contributed by atoms with Crippen LogP contribution in [0, 0.1) is 11.3 Å². The Morgan fingerprint density at radius 2 is 1.79 bits per heavy atom. The van der Waals surface area contributed by atoms with E-state index < -0.39 is 12.1 Å². The van der Waals surface area contributed by atoms with Crippen molar-refractivity contribution in [2.45, 2.75) is 12.6 Å². The van der Waals surface area contributed by atoms with Crippen molar-refractivity contribution in [2.75, 3.05) is 7.11 Å². The van der Waals surface area contributed by atoms with Crippen LogP contribution in [0.3, 0.4) is 0 Å². The van der Waals surface area contributed by atoms with Crippen molar-refractivity contribution >= 4 is 11.9 Å². The summed E-state index contributed by atoms with van der Waals surface area (Å²) < 4.78 is 5.09. The Morgan fingerprint density at radius 3 is 2.38 bits per heavy atom. The van der Waals surface area contributed by atoms with Crippen molar-refractivity contribution in [1.82, 2.24) is 10.2 Å². The SMILES string of the molecule is COc1ccc(C2NC(=O)N(Cc3ccc(C#N)cc3)C2=O)cc1. The van der Waals surface area contributed by atoms with Gasteiger partial charge in [0, 0.05) is 0 Å². The van der Waals surface area contributed by atoms with Crippen LogP contribution in [0.25, 0.3) is 0 Å². The van der Waals surface area contributed by atoms with Crippen molar-refractivity contribution in [3.63, 3.8) is 0 Å². The molecular formula is C18H15N3O3. The molecule has 1 aliphatic heterocycles. The van der Waals surface area contributed by atoms with E-state index in [1.807, 2.05) is 6.07 Å². The van der Waals surface area contributed by atoms with Crippen LogP contribution in [0.15, 0.2) is 48.5 Å². The first-order chi connectivity index (χ1) is 11.6. The molecule has 0 aromatic heterocycles. The summed E-state index contributed by atoms with van der Waals surface area (Å²) in [6.45, 7) is 0.170. The molecule has 0 spiro atoms. The Balaban J connectivity index is 1.76. The lowest BCUT2D eigenvalue weighted by Gasteiger charge is -2.13. The van der Waals surface area contributed by atoms with Crippen molar-refractivity contribution in [1.29, 1.82) is 5.26 Å². The minimum Gasteiger partial charge on any atom is -0.497 e. The van der Waals surface area contributed by atoms with E-state index in [1.165, 1.54) is 4.90 Å². The third-order valence-corrected chi connectivity index (χ3v) is 3.90. The second-order valence-electron chi connectivity index (χ2n) is 5.39. The van der Waals surface area contributed by atoms with Crippen molar-refractivity contribution in [2.24, 2.45) is 0 Å². The van der Waals surface area contributed by atoms with Gasteiger partial charge >= 0.3 is 6.03 Å². The zero-order chi connectivity index (χ0) is 17.1. The van der Waals surface area contributed by atoms with Gasteiger partial charge < -0.3 is 10.1 Å². The third-order valence-electron chi connectivity index (χ3n) is 3.90. The number of nitriles is 1. The maximum atomic E-state index is 12.6. The number of benzene rings is 2. The largest absolute Gasteiger partial charge is 0.497 e. The van der Waals surface area contributed by atoms with Gasteiger partial charge in [-0.1, -0.05) is 24.3 Å². The van der Waals surface area contributed by atoms with Gasteiger partial charge in [-0.2, -0.15) is 5.26 Å². The standard InChI is InChI=1S/C18H15N3O3/c1-24-15-8-6-14(7-9-15)16-17(22)21(18(23)20-16)11-13-4-2-12(10-19)3-5-13/h2-9,16H,11H2,1H3,(H,20,23). The number of nitrogens with zero attached hydrogens (tertiary/aromatic N) is 2. The molecule has 3 rings (SSSR count). The summed E-state index contributed by atoms with van der Waals surface area (Å²) in [5.41, 5.74) is 2.02. The number of carbonyl (C=O) groups excluding carboxylic acids is 2. The maximum Gasteiger partial charge on any atom is 0.325 e. The van der Waals surface area contributed by atoms with E-state index in [1.54, 1.807) is 55.6 Å². The normalized spacial score (nSPS) is 16.7. The molecule has 1 atom stereocenters. The van der Waals surface area contributed by atoms with E-state index in [4.69, 9.17) is 10.00 Å². The molecule has 1 N–H and O–H groups in total. The molecule has 0 bridgehead atoms. The molecule has 0 aliphatic carbocycles. The molecule has 3 amide bonds. The lowest BCUT2D eigenvalue weighted by molar-refractivity contribution is -0.128. The molecule has 0 radical (unpaired) electrons. The first-order valence-corrected chi connectivity index (χ1v) is 7.37. The fraction of sp³-hybridized carbons (Fsp3) is 0.167. The van der Waals surface area contributed by atoms with Crippen LogP contribution in [0.1, 0.15) is 22.7 Å². The highest BCUT2D eigenvalue weighted by atomic mass is 16.5. The molecular weight excluding hydrogens is 306 g/mol. The number of carbonyl (C=O) groups is 2. The molecule has 2 aromatic carbocycles. The molecule has 1 saturated heterocycles. The summed E-state index contributed by atoms with van der Waals surface area (Å²) in [6, 6.07) is 14.7. The Kier molecular flexibility index (Phi) is 4.17. The molecule has 1 unspecified atom stereocenters. The van der Waals surface area contributed by atoms with Gasteiger partial charge in [-0.25, -0.2) is 4.79 Å². The lowest BCUT2D eigenvalue weighted by Crippen LogP contribution is -2.30. The molecule has 6 heteroatoms. The van der Waals surface area contributed by atoms with Gasteiger partial charge in [0.2, 0.25) is 0 Å². The molecule has 1 aliphatic rings. The van der Waals surface area contributed by atoms with Gasteiger partial charge in [0.25, 0.3) is 5.91 Å². The van der Waals surface area contributed by atoms with E-state index in [9.17, 15) is 9.59 Å². The van der Waals surface area contributed by atoms with Crippen LogP contribution >= 0.6 is 0 Å². The third kappa shape index (κ3) is 2.92. The number of urea groups is 1. The van der Waals surface area contributed by atoms with Crippen molar-refractivity contribution < 1.29 is 14.3 Å². The highest BCUT2D eigenvalue weighted by molar-refractivity contribution is 6.04. The molecule has 120 valence electrons. The van der Waals surface area contributed by atoms with E-state index in [2.05, 4.69) is 5.32 Å². The fourth-order valence-electron chi connectivity index (χ4n) is 2.56. The van der Waals surface area contributed by atoms with Gasteiger partial charge in [-0.15, -0.1) is 0 Å². The molecule has 24 heavy (non-hydrogen) atoms. The van der Waals surface area contributed by atoms with Crippen LogP contribution in [-0.2, 0) is 11.3 Å². The van der Waals surface area contributed by atoms with Gasteiger partial charge in [-0.05, 0) is 35.4 Å². The fourth-order valence-corrected chi connectivity index (χ4v) is 2.56. The average Bonchev–Trinajstić information content (AvgIpc) is 2.90. The van der Waals surface area contributed by atoms with Gasteiger partial charge in [0.05, 0.1) is 25.3 Å². The lowest BCUT2D eigenvalue weighted by atomic mass is 10.1. The molecule has 6 nitrogen and oxygen atoms in total. The van der Waals surface area contributed by atoms with E-state index >= 15 is 0 Å². The van der Waals surface area contributed by atoms with Crippen molar-refractivity contribution in [3.05, 3.63) is 65.2 Å². The number of hydrogen-bond donors (Lipinski definition) is 1. The first kappa shape index (κ1) is 15.6. The van der Waals surface area contributed by atoms with Crippen molar-refractivity contribution in [3.8, 4) is 11.8 Å². The highest BCUT2D eigenvalue weighted by Crippen LogP contribution is 2.25. The van der Waals surface area contributed by atoms with Gasteiger partial charge in [0.1, 0.15) is 11.8 Å². The molecule has 1 fully saturated rings. The number of nitrogens with one attached hydrogen (secondary N) is 1. The molecule has 2 aromatic rings. The predicted octanol–water partition coefficient (Wildman–Crippen LogP) is 2.36. The Labute approximate surface area is 139 Å². The minimum absolute atomic E-state index is 0.170. The zero-order valence-corrected chi connectivity index (χ0v) is 13.0. The molecule has 1 heterocycles. The Morgan fingerprint density at radius 1 is 1.12 bits per heavy atom. The second kappa shape index (κ2) is 6.42. The summed E-state index contributed by atoms with van der Waals surface area (Å²) >= 11 is 0. The quantitative estimate of drug-likeness (QED) is 0.876. The van der Waals surface area contributed by atoms with E-state index in [-0.39, 0.29) is 12.5 Å². The number of rotatable bonds is 4. The first-order valence-electron chi connectivity index (χ1n) is 7.37. The average molecular weight is 321 g/mol. The van der Waals surface area contributed by atoms with Crippen LogP contribution < -0.4 is 10.1 Å². The zero-order valence-electron chi connectivity index (χ0n) is 13.0. The smallest absolute Gasteiger partial charge is 0.325 e. The number of methoxy groups -OCH3 is 1. The van der Waals surface area contributed by atoms with Crippen LogP contribution in [0.2, 0.25) is 0 Å². The minimum atomic E-state index is -0.693. The predicted molar refractivity (Wildman–Crippen MR) is 86.0 cm³/mol. The maximum absolute atomic E-state index is 12.6. The summed E-state index contributed by atoms with van der Waals surface area (Å²) in [6.07, 6.45) is 0. The van der Waals surface area contributed by atoms with Crippen LogP contribution in [0.4, 0.5) is 4.79 Å². The monoisotopic (exact) mass is 321 g/mol. The topological polar surface area (TPSA) is 82.4 Å². The summed E-state index contributed by atoms with van der Waals surface area (Å²) in [5.74, 6) is 0.388. The second-order valence-corrected chi connectivity index (χ2v) is 5.39. The summed E-state index contributed by atoms with van der Waals surface area (Å²) in [4.78, 5) is 25.9. The van der Waals surface area contributed by atoms with Gasteiger partial charge in [0.15, 0.2) is 0 Å². The summed E-state index contributed by atoms with van der Waals surface area (Å²) in [5, 5.41) is 11.5. The summed E-state index contributed by atoms with van der Waals surface area (Å²) in [7, 11) is 1.57. The highest BCUT2D eigenvalue weighted by Gasteiger charge is 2.38. The Hall–Kier alpha value is -3.33. The van der Waals surface area contributed by atoms with Crippen LogP contribution in [-0.4, -0.2) is 23.9 Å².